The zero-order chi connectivity index (χ0) is 13.3. The zero-order valence-corrected chi connectivity index (χ0v) is 11.7. The minimum absolute atomic E-state index is 0.0203. The molecule has 0 amide bonds. The van der Waals surface area contributed by atoms with Gasteiger partial charge in [0.2, 0.25) is 0 Å². The number of likely N-dealkylation sites (tertiary alicyclic amines) is 1. The first-order valence-electron chi connectivity index (χ1n) is 7.06. The Morgan fingerprint density at radius 2 is 2.22 bits per heavy atom. The maximum Gasteiger partial charge on any atom is 0.306 e. The van der Waals surface area contributed by atoms with Gasteiger partial charge in [0.1, 0.15) is 0 Å². The van der Waals surface area contributed by atoms with Crippen molar-refractivity contribution in [1.29, 1.82) is 0 Å². The molecule has 0 radical (unpaired) electrons. The lowest BCUT2D eigenvalue weighted by Crippen LogP contribution is -2.58. The molecule has 0 aromatic heterocycles. The Balaban J connectivity index is 1.83. The summed E-state index contributed by atoms with van der Waals surface area (Å²) >= 11 is 0. The fraction of sp³-hybridized carbons (Fsp3) is 0.929. The number of hydrogen-bond acceptors (Lipinski definition) is 3. The predicted octanol–water partition coefficient (Wildman–Crippen LogP) is 1.99. The molecule has 104 valence electrons. The minimum Gasteiger partial charge on any atom is -0.481 e. The molecule has 4 nitrogen and oxygen atoms in total. The predicted molar refractivity (Wildman–Crippen MR) is 69.5 cm³/mol. The number of nitrogens with zero attached hydrogens (tertiary/aromatic N) is 1. The molecule has 0 spiro atoms. The van der Waals surface area contributed by atoms with Crippen LogP contribution in [0.4, 0.5) is 0 Å². The third-order valence-electron chi connectivity index (χ3n) is 4.87. The maximum atomic E-state index is 10.9. The second-order valence-electron chi connectivity index (χ2n) is 6.14. The van der Waals surface area contributed by atoms with Crippen LogP contribution < -0.4 is 0 Å². The zero-order valence-electron chi connectivity index (χ0n) is 11.7. The molecule has 2 aliphatic rings. The number of carboxylic acid groups (broad SMARTS) is 1. The van der Waals surface area contributed by atoms with Crippen LogP contribution in [0.1, 0.15) is 40.0 Å². The summed E-state index contributed by atoms with van der Waals surface area (Å²) in [5.41, 5.74) is 0.0203. The molecule has 3 unspecified atom stereocenters. The van der Waals surface area contributed by atoms with Crippen LogP contribution in [-0.2, 0) is 9.53 Å². The Morgan fingerprint density at radius 1 is 1.56 bits per heavy atom. The molecule has 2 rings (SSSR count). The summed E-state index contributed by atoms with van der Waals surface area (Å²) in [6.07, 6.45) is 3.22. The van der Waals surface area contributed by atoms with Gasteiger partial charge in [-0.05, 0) is 32.1 Å². The van der Waals surface area contributed by atoms with Gasteiger partial charge in [-0.1, -0.05) is 13.8 Å². The van der Waals surface area contributed by atoms with Crippen LogP contribution >= 0.6 is 0 Å². The summed E-state index contributed by atoms with van der Waals surface area (Å²) in [4.78, 5) is 13.4. The van der Waals surface area contributed by atoms with Crippen LogP contribution in [0.25, 0.3) is 0 Å². The van der Waals surface area contributed by atoms with Gasteiger partial charge >= 0.3 is 5.97 Å². The molecule has 4 heteroatoms. The van der Waals surface area contributed by atoms with Gasteiger partial charge < -0.3 is 9.84 Å². The van der Waals surface area contributed by atoms with Gasteiger partial charge in [0.15, 0.2) is 0 Å². The highest BCUT2D eigenvalue weighted by Crippen LogP contribution is 2.35. The molecular weight excluding hydrogens is 230 g/mol. The SMILES string of the molecule is CCC1(C)CC(N2CC(C(C)C(=O)O)C2)CCO1. The van der Waals surface area contributed by atoms with Gasteiger partial charge in [0.25, 0.3) is 0 Å². The van der Waals surface area contributed by atoms with Crippen molar-refractivity contribution in [2.24, 2.45) is 11.8 Å². The van der Waals surface area contributed by atoms with Gasteiger partial charge in [-0.15, -0.1) is 0 Å². The molecule has 3 atom stereocenters. The fourth-order valence-electron chi connectivity index (χ4n) is 3.02. The third-order valence-corrected chi connectivity index (χ3v) is 4.87. The van der Waals surface area contributed by atoms with E-state index in [0.717, 1.165) is 39.0 Å². The summed E-state index contributed by atoms with van der Waals surface area (Å²) in [6.45, 7) is 8.91. The lowest BCUT2D eigenvalue weighted by atomic mass is 9.82. The first-order chi connectivity index (χ1) is 8.45. The first kappa shape index (κ1) is 13.8. The average molecular weight is 255 g/mol. The Morgan fingerprint density at radius 3 is 2.78 bits per heavy atom. The second kappa shape index (κ2) is 5.17. The topological polar surface area (TPSA) is 49.8 Å². The number of ether oxygens (including phenoxy) is 1. The highest BCUT2D eigenvalue weighted by atomic mass is 16.5. The lowest BCUT2D eigenvalue weighted by molar-refractivity contribution is -0.149. The molecule has 2 saturated heterocycles. The monoisotopic (exact) mass is 255 g/mol. The second-order valence-corrected chi connectivity index (χ2v) is 6.14. The Labute approximate surface area is 109 Å². The van der Waals surface area contributed by atoms with Crippen LogP contribution in [0.15, 0.2) is 0 Å². The van der Waals surface area contributed by atoms with E-state index < -0.39 is 5.97 Å². The summed E-state index contributed by atoms with van der Waals surface area (Å²) in [6, 6.07) is 0.584. The third kappa shape index (κ3) is 2.69. The molecule has 0 saturated carbocycles. The number of carboxylic acids is 1. The van der Waals surface area contributed by atoms with E-state index in [1.54, 1.807) is 0 Å². The highest BCUT2D eigenvalue weighted by molar-refractivity contribution is 5.70. The van der Waals surface area contributed by atoms with Gasteiger partial charge in [0, 0.05) is 25.7 Å². The van der Waals surface area contributed by atoms with E-state index in [2.05, 4.69) is 18.7 Å². The molecule has 1 N–H and O–H groups in total. The standard InChI is InChI=1S/C14H25NO3/c1-4-14(3)7-12(5-6-18-14)15-8-11(9-15)10(2)13(16)17/h10-12H,4-9H2,1-3H3,(H,16,17). The summed E-state index contributed by atoms with van der Waals surface area (Å²) in [5.74, 6) is -0.540. The summed E-state index contributed by atoms with van der Waals surface area (Å²) in [5, 5.41) is 9.00. The smallest absolute Gasteiger partial charge is 0.306 e. The van der Waals surface area contributed by atoms with Crippen molar-refractivity contribution in [1.82, 2.24) is 4.90 Å². The summed E-state index contributed by atoms with van der Waals surface area (Å²) in [7, 11) is 0. The minimum atomic E-state index is -0.662. The van der Waals surface area contributed by atoms with Crippen molar-refractivity contribution < 1.29 is 14.6 Å². The molecule has 0 aliphatic carbocycles. The van der Waals surface area contributed by atoms with E-state index in [0.29, 0.717) is 12.0 Å². The number of carbonyl (C=O) groups is 1. The Hall–Kier alpha value is -0.610. The van der Waals surface area contributed by atoms with Crippen LogP contribution in [0.5, 0.6) is 0 Å². The van der Waals surface area contributed by atoms with Crippen molar-refractivity contribution in [2.45, 2.75) is 51.7 Å². The van der Waals surface area contributed by atoms with Crippen molar-refractivity contribution in [3.8, 4) is 0 Å². The number of rotatable bonds is 4. The summed E-state index contributed by atoms with van der Waals surface area (Å²) < 4.78 is 5.86. The fourth-order valence-corrected chi connectivity index (χ4v) is 3.02. The van der Waals surface area contributed by atoms with Crippen molar-refractivity contribution in [3.63, 3.8) is 0 Å². The van der Waals surface area contributed by atoms with Crippen molar-refractivity contribution in [3.05, 3.63) is 0 Å². The van der Waals surface area contributed by atoms with E-state index in [4.69, 9.17) is 9.84 Å². The molecule has 2 aliphatic heterocycles. The van der Waals surface area contributed by atoms with Crippen LogP contribution in [0.2, 0.25) is 0 Å². The lowest BCUT2D eigenvalue weighted by Gasteiger charge is -2.50. The molecular formula is C14H25NO3. The highest BCUT2D eigenvalue weighted by Gasteiger charge is 2.41. The van der Waals surface area contributed by atoms with Crippen molar-refractivity contribution in [2.75, 3.05) is 19.7 Å². The molecule has 0 aromatic carbocycles. The van der Waals surface area contributed by atoms with E-state index in [1.807, 2.05) is 6.92 Å². The van der Waals surface area contributed by atoms with Gasteiger partial charge in [-0.2, -0.15) is 0 Å². The Bertz CT molecular complexity index is 314. The normalized spacial score (nSPS) is 36.1. The van der Waals surface area contributed by atoms with Crippen molar-refractivity contribution >= 4 is 5.97 Å². The Kier molecular flexibility index (Phi) is 3.97. The average Bonchev–Trinajstić information content (AvgIpc) is 2.27. The molecule has 0 bridgehead atoms. The van der Waals surface area contributed by atoms with E-state index >= 15 is 0 Å². The van der Waals surface area contributed by atoms with E-state index in [9.17, 15) is 4.79 Å². The van der Waals surface area contributed by atoms with E-state index in [-0.39, 0.29) is 11.5 Å². The van der Waals surface area contributed by atoms with Gasteiger partial charge in [0.05, 0.1) is 11.5 Å². The van der Waals surface area contributed by atoms with Gasteiger partial charge in [-0.25, -0.2) is 0 Å². The largest absolute Gasteiger partial charge is 0.481 e. The van der Waals surface area contributed by atoms with E-state index in [1.165, 1.54) is 0 Å². The molecule has 2 fully saturated rings. The van der Waals surface area contributed by atoms with Crippen LogP contribution in [-0.4, -0.2) is 47.3 Å². The quantitative estimate of drug-likeness (QED) is 0.834. The first-order valence-corrected chi connectivity index (χ1v) is 7.06. The molecule has 18 heavy (non-hydrogen) atoms. The van der Waals surface area contributed by atoms with Gasteiger partial charge in [-0.3, -0.25) is 9.69 Å². The number of aliphatic carboxylic acids is 1. The molecule has 2 heterocycles. The maximum absolute atomic E-state index is 10.9. The van der Waals surface area contributed by atoms with Crippen LogP contribution in [0, 0.1) is 11.8 Å². The van der Waals surface area contributed by atoms with Crippen LogP contribution in [0.3, 0.4) is 0 Å². The molecule has 0 aromatic rings. The number of hydrogen-bond donors (Lipinski definition) is 1.